The smallest absolute Gasteiger partial charge is 0.406 e. The van der Waals surface area contributed by atoms with E-state index in [0.29, 0.717) is 24.2 Å². The van der Waals surface area contributed by atoms with Crippen molar-refractivity contribution < 1.29 is 31.1 Å². The number of carbonyl (C=O) groups excluding carboxylic acids is 1. The van der Waals surface area contributed by atoms with Gasteiger partial charge in [-0.15, -0.1) is 13.2 Å². The largest absolute Gasteiger partial charge is 0.573 e. The van der Waals surface area contributed by atoms with Gasteiger partial charge in [0.1, 0.15) is 5.75 Å². The molecule has 4 rings (SSSR count). The molecule has 7 nitrogen and oxygen atoms in total. The molecule has 0 aliphatic carbocycles. The summed E-state index contributed by atoms with van der Waals surface area (Å²) in [4.78, 5) is 16.1. The number of rotatable bonds is 6. The molecule has 0 spiro atoms. The standard InChI is InChI=1S/C21H22F3N3O4S/c1-20-11-16(25-32(29,30)13-15-5-3-2-4-6-15)12-27(20)19(28)26(14-20)17-7-9-18(10-8-17)31-21(22,23)24/h2-10,16,25H,11-14H2,1H3/t16-,20-/m0/s1. The fourth-order valence-corrected chi connectivity index (χ4v) is 5.74. The molecule has 0 bridgehead atoms. The summed E-state index contributed by atoms with van der Waals surface area (Å²) >= 11 is 0. The van der Waals surface area contributed by atoms with Crippen LogP contribution >= 0.6 is 0 Å². The third-order valence-corrected chi connectivity index (χ3v) is 7.03. The van der Waals surface area contributed by atoms with Gasteiger partial charge < -0.3 is 9.64 Å². The second kappa shape index (κ2) is 7.96. The zero-order valence-corrected chi connectivity index (χ0v) is 18.0. The molecule has 0 saturated carbocycles. The summed E-state index contributed by atoms with van der Waals surface area (Å²) < 4.78 is 68.7. The molecular formula is C21H22F3N3O4S. The number of carbonyl (C=O) groups is 1. The third-order valence-electron chi connectivity index (χ3n) is 5.63. The molecule has 2 aromatic rings. The Morgan fingerprint density at radius 2 is 1.78 bits per heavy atom. The Kier molecular flexibility index (Phi) is 5.58. The number of fused-ring (bicyclic) bond motifs is 1. The lowest BCUT2D eigenvalue weighted by molar-refractivity contribution is -0.274. The third kappa shape index (κ3) is 4.83. The Bertz CT molecular complexity index is 1090. The fourth-order valence-electron chi connectivity index (χ4n) is 4.36. The van der Waals surface area contributed by atoms with Gasteiger partial charge in [-0.2, -0.15) is 0 Å². The van der Waals surface area contributed by atoms with Crippen molar-refractivity contribution in [2.75, 3.05) is 18.0 Å². The van der Waals surface area contributed by atoms with Crippen LogP contribution in [0.1, 0.15) is 18.9 Å². The number of amides is 2. The number of hydrogen-bond donors (Lipinski definition) is 1. The van der Waals surface area contributed by atoms with Crippen molar-refractivity contribution in [3.8, 4) is 5.75 Å². The average molecular weight is 469 g/mol. The lowest BCUT2D eigenvalue weighted by Gasteiger charge is -2.24. The Labute approximate surface area is 183 Å². The molecule has 2 aliphatic rings. The predicted molar refractivity (Wildman–Crippen MR) is 112 cm³/mol. The Morgan fingerprint density at radius 3 is 2.38 bits per heavy atom. The lowest BCUT2D eigenvalue weighted by atomic mass is 9.98. The molecule has 2 aromatic carbocycles. The number of urea groups is 1. The van der Waals surface area contributed by atoms with E-state index in [1.807, 2.05) is 13.0 Å². The average Bonchev–Trinajstić information content (AvgIpc) is 3.12. The minimum absolute atomic E-state index is 0.145. The van der Waals surface area contributed by atoms with E-state index >= 15 is 0 Å². The van der Waals surface area contributed by atoms with Crippen LogP contribution < -0.4 is 14.4 Å². The summed E-state index contributed by atoms with van der Waals surface area (Å²) in [6.07, 6.45) is -4.36. The maximum Gasteiger partial charge on any atom is 0.573 e. The highest BCUT2D eigenvalue weighted by molar-refractivity contribution is 7.88. The molecule has 2 atom stereocenters. The number of halogens is 3. The first kappa shape index (κ1) is 22.4. The second-order valence-corrected chi connectivity index (χ2v) is 10.0. The topological polar surface area (TPSA) is 79.0 Å². The predicted octanol–water partition coefficient (Wildman–Crippen LogP) is 3.48. The van der Waals surface area contributed by atoms with Crippen LogP contribution in [0.2, 0.25) is 0 Å². The molecule has 0 aromatic heterocycles. The summed E-state index contributed by atoms with van der Waals surface area (Å²) in [7, 11) is -3.59. The summed E-state index contributed by atoms with van der Waals surface area (Å²) in [6.45, 7) is 2.38. The summed E-state index contributed by atoms with van der Waals surface area (Å²) in [6, 6.07) is 13.2. The molecule has 172 valence electrons. The van der Waals surface area contributed by atoms with Crippen molar-refractivity contribution in [1.29, 1.82) is 0 Å². The van der Waals surface area contributed by atoms with Crippen LogP contribution in [0.15, 0.2) is 54.6 Å². The van der Waals surface area contributed by atoms with Gasteiger partial charge in [-0.25, -0.2) is 17.9 Å². The van der Waals surface area contributed by atoms with Crippen molar-refractivity contribution in [2.45, 2.75) is 37.0 Å². The first-order chi connectivity index (χ1) is 14.9. The quantitative estimate of drug-likeness (QED) is 0.703. The zero-order valence-electron chi connectivity index (χ0n) is 17.2. The normalized spacial score (nSPS) is 23.5. The molecule has 1 N–H and O–H groups in total. The first-order valence-corrected chi connectivity index (χ1v) is 11.6. The minimum Gasteiger partial charge on any atom is -0.406 e. The van der Waals surface area contributed by atoms with E-state index in [4.69, 9.17) is 0 Å². The number of ether oxygens (including phenoxy) is 1. The molecule has 2 saturated heterocycles. The number of anilines is 1. The molecular weight excluding hydrogens is 447 g/mol. The maximum absolute atomic E-state index is 13.0. The van der Waals surface area contributed by atoms with Gasteiger partial charge in [-0.3, -0.25) is 4.90 Å². The SMILES string of the molecule is C[C@@]12C[C@H](NS(=O)(=O)Cc3ccccc3)CN1C(=O)N(c1ccc(OC(F)(F)F)cc1)C2. The van der Waals surface area contributed by atoms with Gasteiger partial charge in [0, 0.05) is 18.3 Å². The minimum atomic E-state index is -4.79. The number of nitrogens with one attached hydrogen (secondary N) is 1. The van der Waals surface area contributed by atoms with E-state index < -0.39 is 28.0 Å². The highest BCUT2D eigenvalue weighted by atomic mass is 32.2. The highest BCUT2D eigenvalue weighted by Gasteiger charge is 2.53. The fraction of sp³-hybridized carbons (Fsp3) is 0.381. The van der Waals surface area contributed by atoms with Crippen molar-refractivity contribution in [3.63, 3.8) is 0 Å². The number of alkyl halides is 3. The number of hydrogen-bond acceptors (Lipinski definition) is 4. The Morgan fingerprint density at radius 1 is 1.12 bits per heavy atom. The van der Waals surface area contributed by atoms with Crippen LogP contribution in [0.3, 0.4) is 0 Å². The molecule has 32 heavy (non-hydrogen) atoms. The molecule has 0 unspecified atom stereocenters. The van der Waals surface area contributed by atoms with Crippen LogP contribution in [-0.2, 0) is 15.8 Å². The summed E-state index contributed by atoms with van der Waals surface area (Å²) in [5.41, 5.74) is 0.518. The number of benzene rings is 2. The van der Waals surface area contributed by atoms with E-state index in [-0.39, 0.29) is 24.1 Å². The van der Waals surface area contributed by atoms with Crippen LogP contribution in [0, 0.1) is 0 Å². The number of nitrogens with zero attached hydrogens (tertiary/aromatic N) is 2. The van der Waals surface area contributed by atoms with E-state index in [1.165, 1.54) is 17.0 Å². The molecule has 11 heteroatoms. The van der Waals surface area contributed by atoms with Gasteiger partial charge in [0.2, 0.25) is 10.0 Å². The van der Waals surface area contributed by atoms with Gasteiger partial charge in [0.05, 0.1) is 17.8 Å². The van der Waals surface area contributed by atoms with Crippen molar-refractivity contribution in [2.24, 2.45) is 0 Å². The van der Waals surface area contributed by atoms with Crippen molar-refractivity contribution in [3.05, 3.63) is 60.2 Å². The van der Waals surface area contributed by atoms with Crippen molar-refractivity contribution >= 4 is 21.7 Å². The van der Waals surface area contributed by atoms with Crippen LogP contribution in [0.25, 0.3) is 0 Å². The van der Waals surface area contributed by atoms with Crippen molar-refractivity contribution in [1.82, 2.24) is 9.62 Å². The maximum atomic E-state index is 13.0. The van der Waals surface area contributed by atoms with E-state index in [1.54, 1.807) is 29.2 Å². The zero-order chi connectivity index (χ0) is 23.1. The molecule has 2 heterocycles. The molecule has 2 aliphatic heterocycles. The summed E-state index contributed by atoms with van der Waals surface area (Å²) in [5, 5.41) is 0. The Hall–Kier alpha value is -2.79. The van der Waals surface area contributed by atoms with Gasteiger partial charge in [0.25, 0.3) is 0 Å². The van der Waals surface area contributed by atoms with E-state index in [2.05, 4.69) is 9.46 Å². The van der Waals surface area contributed by atoms with E-state index in [0.717, 1.165) is 12.1 Å². The van der Waals surface area contributed by atoms with E-state index in [9.17, 15) is 26.4 Å². The first-order valence-electron chi connectivity index (χ1n) is 9.93. The number of sulfonamides is 1. The molecule has 0 radical (unpaired) electrons. The van der Waals surface area contributed by atoms with Gasteiger partial charge in [0.15, 0.2) is 0 Å². The van der Waals surface area contributed by atoms with Crippen LogP contribution in [0.5, 0.6) is 5.75 Å². The van der Waals surface area contributed by atoms with Gasteiger partial charge in [-0.1, -0.05) is 30.3 Å². The highest BCUT2D eigenvalue weighted by Crippen LogP contribution is 2.39. The van der Waals surface area contributed by atoms with Crippen LogP contribution in [0.4, 0.5) is 23.7 Å². The second-order valence-electron chi connectivity index (χ2n) is 8.28. The molecule has 2 fully saturated rings. The van der Waals surface area contributed by atoms with Gasteiger partial charge >= 0.3 is 12.4 Å². The summed E-state index contributed by atoms with van der Waals surface area (Å²) in [5.74, 6) is -0.513. The lowest BCUT2D eigenvalue weighted by Crippen LogP contribution is -2.40. The monoisotopic (exact) mass is 469 g/mol. The molecule has 2 amide bonds. The Balaban J connectivity index is 1.41. The van der Waals surface area contributed by atoms with Crippen LogP contribution in [-0.4, -0.2) is 50.4 Å². The van der Waals surface area contributed by atoms with Gasteiger partial charge in [-0.05, 0) is 43.2 Å².